The number of likely N-dealkylation sites (N-methyl/N-ethyl adjacent to an activating group) is 1. The average molecular weight is 230 g/mol. The molecule has 1 aromatic rings. The van der Waals surface area contributed by atoms with Crippen molar-refractivity contribution < 1.29 is 4.39 Å². The maximum absolute atomic E-state index is 14.0. The first-order chi connectivity index (χ1) is 8.00. The summed E-state index contributed by atoms with van der Waals surface area (Å²) in [4.78, 5) is 0. The monoisotopic (exact) mass is 230 g/mol. The van der Waals surface area contributed by atoms with Crippen LogP contribution in [0.2, 0.25) is 0 Å². The van der Waals surface area contributed by atoms with E-state index in [0.29, 0.717) is 11.3 Å². The van der Waals surface area contributed by atoms with E-state index in [1.807, 2.05) is 19.9 Å². The lowest BCUT2D eigenvalue weighted by molar-refractivity contribution is 0.466. The van der Waals surface area contributed by atoms with Crippen molar-refractivity contribution in [2.75, 3.05) is 7.05 Å². The number of halogens is 1. The molecule has 0 aliphatic carbocycles. The Morgan fingerprint density at radius 2 is 1.88 bits per heavy atom. The Hall–Kier alpha value is -1.90. The van der Waals surface area contributed by atoms with Gasteiger partial charge in [0.05, 0.1) is 5.70 Å². The van der Waals surface area contributed by atoms with Crippen LogP contribution >= 0.6 is 0 Å². The Labute approximate surface area is 101 Å². The van der Waals surface area contributed by atoms with Crippen LogP contribution in [0.15, 0.2) is 35.6 Å². The molecule has 17 heavy (non-hydrogen) atoms. The fraction of sp³-hybridized carbons (Fsp3) is 0.214. The maximum Gasteiger partial charge on any atom is 0.131 e. The van der Waals surface area contributed by atoms with Crippen molar-refractivity contribution in [1.29, 1.82) is 0 Å². The molecule has 0 bridgehead atoms. The molecule has 0 fully saturated rings. The van der Waals surface area contributed by atoms with Crippen LogP contribution in [-0.4, -0.2) is 18.3 Å². The fourth-order valence-corrected chi connectivity index (χ4v) is 1.78. The van der Waals surface area contributed by atoms with Gasteiger partial charge in [-0.25, -0.2) is 4.39 Å². The predicted octanol–water partition coefficient (Wildman–Crippen LogP) is 3.27. The molecule has 0 atom stereocenters. The molecule has 3 heteroatoms. The van der Waals surface area contributed by atoms with Crippen molar-refractivity contribution in [3.63, 3.8) is 0 Å². The van der Waals surface area contributed by atoms with Gasteiger partial charge in [-0.15, -0.1) is 0 Å². The normalized spacial score (nSPS) is 15.2. The lowest BCUT2D eigenvalue weighted by atomic mass is 9.97. The summed E-state index contributed by atoms with van der Waals surface area (Å²) in [6.45, 7) is 7.80. The van der Waals surface area contributed by atoms with E-state index in [1.165, 1.54) is 0 Å². The molecule has 2 nitrogen and oxygen atoms in total. The highest BCUT2D eigenvalue weighted by Gasteiger charge is 2.16. The molecule has 0 saturated heterocycles. The summed E-state index contributed by atoms with van der Waals surface area (Å²) in [7, 11) is 1.80. The SMILES string of the molecule is C=C1C(c2cc(C)c(C)cc2F)=CC=NN1C. The van der Waals surface area contributed by atoms with E-state index in [4.69, 9.17) is 0 Å². The third-order valence-corrected chi connectivity index (χ3v) is 3.06. The number of hydrogen-bond acceptors (Lipinski definition) is 2. The molecule has 0 spiro atoms. The summed E-state index contributed by atoms with van der Waals surface area (Å²) in [5.41, 5.74) is 4.09. The summed E-state index contributed by atoms with van der Waals surface area (Å²) in [5, 5.41) is 5.71. The van der Waals surface area contributed by atoms with E-state index in [9.17, 15) is 4.39 Å². The van der Waals surface area contributed by atoms with Gasteiger partial charge in [-0.2, -0.15) is 5.10 Å². The zero-order valence-electron chi connectivity index (χ0n) is 10.3. The van der Waals surface area contributed by atoms with Gasteiger partial charge in [0.25, 0.3) is 0 Å². The molecule has 0 aromatic heterocycles. The lowest BCUT2D eigenvalue weighted by Gasteiger charge is -2.22. The molecule has 1 heterocycles. The van der Waals surface area contributed by atoms with Crippen molar-refractivity contribution in [3.8, 4) is 0 Å². The highest BCUT2D eigenvalue weighted by molar-refractivity contribution is 5.92. The molecule has 2 rings (SSSR count). The Kier molecular flexibility index (Phi) is 2.84. The van der Waals surface area contributed by atoms with Crippen LogP contribution in [-0.2, 0) is 0 Å². The topological polar surface area (TPSA) is 15.6 Å². The summed E-state index contributed by atoms with van der Waals surface area (Å²) >= 11 is 0. The first kappa shape index (κ1) is 11.6. The Balaban J connectivity index is 2.55. The van der Waals surface area contributed by atoms with Gasteiger partial charge in [-0.1, -0.05) is 6.58 Å². The molecule has 0 amide bonds. The second-order valence-electron chi connectivity index (χ2n) is 4.23. The van der Waals surface area contributed by atoms with Crippen molar-refractivity contribution in [1.82, 2.24) is 5.01 Å². The number of hydrazone groups is 1. The highest BCUT2D eigenvalue weighted by Crippen LogP contribution is 2.29. The minimum absolute atomic E-state index is 0.218. The second kappa shape index (κ2) is 4.17. The first-order valence-corrected chi connectivity index (χ1v) is 5.45. The van der Waals surface area contributed by atoms with Crippen LogP contribution in [0.1, 0.15) is 16.7 Å². The van der Waals surface area contributed by atoms with Gasteiger partial charge in [-0.05, 0) is 43.2 Å². The number of allylic oxidation sites excluding steroid dienone is 2. The largest absolute Gasteiger partial charge is 0.269 e. The van der Waals surface area contributed by atoms with Crippen LogP contribution < -0.4 is 0 Å². The molecule has 1 aromatic carbocycles. The van der Waals surface area contributed by atoms with E-state index in [1.54, 1.807) is 30.4 Å². The van der Waals surface area contributed by atoms with E-state index >= 15 is 0 Å². The van der Waals surface area contributed by atoms with Crippen molar-refractivity contribution in [2.24, 2.45) is 5.10 Å². The highest BCUT2D eigenvalue weighted by atomic mass is 19.1. The van der Waals surface area contributed by atoms with Crippen molar-refractivity contribution >= 4 is 11.8 Å². The van der Waals surface area contributed by atoms with Gasteiger partial charge in [0.2, 0.25) is 0 Å². The zero-order valence-corrected chi connectivity index (χ0v) is 10.3. The molecular formula is C14H15FN2. The average Bonchev–Trinajstić information content (AvgIpc) is 2.28. The fourth-order valence-electron chi connectivity index (χ4n) is 1.78. The Bertz CT molecular complexity index is 541. The van der Waals surface area contributed by atoms with Crippen molar-refractivity contribution in [3.05, 3.63) is 53.0 Å². The molecule has 88 valence electrons. The lowest BCUT2D eigenvalue weighted by Crippen LogP contribution is -2.15. The van der Waals surface area contributed by atoms with Gasteiger partial charge in [0.1, 0.15) is 5.82 Å². The maximum atomic E-state index is 14.0. The number of benzene rings is 1. The molecule has 0 radical (unpaired) electrons. The summed E-state index contributed by atoms with van der Waals surface area (Å²) < 4.78 is 14.0. The van der Waals surface area contributed by atoms with Crippen LogP contribution in [0, 0.1) is 19.7 Å². The van der Waals surface area contributed by atoms with Crippen LogP contribution in [0.25, 0.3) is 5.57 Å². The Morgan fingerprint density at radius 1 is 1.24 bits per heavy atom. The van der Waals surface area contributed by atoms with Crippen LogP contribution in [0.4, 0.5) is 4.39 Å². The molecule has 1 aliphatic heterocycles. The molecule has 0 saturated carbocycles. The second-order valence-corrected chi connectivity index (χ2v) is 4.23. The number of hydrogen-bond donors (Lipinski definition) is 0. The van der Waals surface area contributed by atoms with Gasteiger partial charge in [0.15, 0.2) is 0 Å². The molecule has 1 aliphatic rings. The minimum Gasteiger partial charge on any atom is -0.269 e. The zero-order chi connectivity index (χ0) is 12.6. The van der Waals surface area contributed by atoms with Crippen molar-refractivity contribution in [2.45, 2.75) is 13.8 Å². The van der Waals surface area contributed by atoms with E-state index in [0.717, 1.165) is 16.7 Å². The van der Waals surface area contributed by atoms with E-state index < -0.39 is 0 Å². The molecule has 0 N–H and O–H groups in total. The quantitative estimate of drug-likeness (QED) is 0.723. The summed E-state index contributed by atoms with van der Waals surface area (Å²) in [6.07, 6.45) is 3.44. The molecule has 0 unspecified atom stereocenters. The van der Waals surface area contributed by atoms with Crippen LogP contribution in [0.3, 0.4) is 0 Å². The van der Waals surface area contributed by atoms with Gasteiger partial charge < -0.3 is 0 Å². The first-order valence-electron chi connectivity index (χ1n) is 5.45. The Morgan fingerprint density at radius 3 is 2.59 bits per heavy atom. The molecular weight excluding hydrogens is 215 g/mol. The third-order valence-electron chi connectivity index (χ3n) is 3.06. The standard InChI is InChI=1S/C14H15FN2/c1-9-7-13(14(15)8-10(9)2)12-5-6-16-17(4)11(12)3/h5-8H,3H2,1-2,4H3. The summed E-state index contributed by atoms with van der Waals surface area (Å²) in [5.74, 6) is -0.218. The third kappa shape index (κ3) is 2.00. The van der Waals surface area contributed by atoms with E-state index in [2.05, 4.69) is 11.7 Å². The van der Waals surface area contributed by atoms with Gasteiger partial charge in [0, 0.05) is 24.4 Å². The van der Waals surface area contributed by atoms with E-state index in [-0.39, 0.29) is 5.82 Å². The number of aryl methyl sites for hydroxylation is 2. The number of nitrogens with zero attached hydrogens (tertiary/aromatic N) is 2. The number of rotatable bonds is 1. The predicted molar refractivity (Wildman–Crippen MR) is 69.2 cm³/mol. The minimum atomic E-state index is -0.218. The summed E-state index contributed by atoms with van der Waals surface area (Å²) in [6, 6.07) is 3.42. The smallest absolute Gasteiger partial charge is 0.131 e. The van der Waals surface area contributed by atoms with Gasteiger partial charge in [-0.3, -0.25) is 5.01 Å². The van der Waals surface area contributed by atoms with Crippen LogP contribution in [0.5, 0.6) is 0 Å². The van der Waals surface area contributed by atoms with Gasteiger partial charge >= 0.3 is 0 Å².